The van der Waals surface area contributed by atoms with Crippen molar-refractivity contribution in [3.8, 4) is 5.75 Å². The summed E-state index contributed by atoms with van der Waals surface area (Å²) in [5.41, 5.74) is 3.24. The van der Waals surface area contributed by atoms with Gasteiger partial charge in [-0.15, -0.1) is 0 Å². The van der Waals surface area contributed by atoms with Crippen molar-refractivity contribution in [2.24, 2.45) is 0 Å². The molecule has 3 aliphatic heterocycles. The smallest absolute Gasteiger partial charge is 0.255 e. The van der Waals surface area contributed by atoms with Crippen LogP contribution in [0, 0.1) is 0 Å². The van der Waals surface area contributed by atoms with Crippen LogP contribution in [0.1, 0.15) is 78.1 Å². The molecule has 65 heavy (non-hydrogen) atoms. The SMILES string of the molecule is CC[C@@H]1C(=O)N(C)c2cnc(Nc3ccc(C(=O)NCCOCCOCCOCCNCC(=O)Nc4cccc5c4CN(C4CCC(=O)NC4=O)C5=O)cc3OC)nc2N1C1CCCC1. The summed E-state index contributed by atoms with van der Waals surface area (Å²) in [6.07, 6.45) is 7.08. The molecule has 1 aliphatic carbocycles. The van der Waals surface area contributed by atoms with Gasteiger partial charge in [-0.25, -0.2) is 4.98 Å². The number of ether oxygens (including phenoxy) is 4. The van der Waals surface area contributed by atoms with E-state index in [4.69, 9.17) is 23.9 Å². The number of piperidine rings is 1. The number of aromatic nitrogens is 2. The molecule has 2 atom stereocenters. The zero-order valence-corrected chi connectivity index (χ0v) is 37.1. The zero-order chi connectivity index (χ0) is 45.9. The Morgan fingerprint density at radius 2 is 1.65 bits per heavy atom. The first-order valence-electron chi connectivity index (χ1n) is 22.2. The van der Waals surface area contributed by atoms with Crippen LogP contribution in [0.3, 0.4) is 0 Å². The zero-order valence-electron chi connectivity index (χ0n) is 37.1. The summed E-state index contributed by atoms with van der Waals surface area (Å²) in [7, 11) is 3.30. The third kappa shape index (κ3) is 11.2. The molecule has 0 radical (unpaired) electrons. The highest BCUT2D eigenvalue weighted by Crippen LogP contribution is 2.40. The Morgan fingerprint density at radius 1 is 0.908 bits per heavy atom. The number of likely N-dealkylation sites (N-methyl/N-ethyl adjacent to an activating group) is 1. The number of nitrogens with one attached hydrogen (secondary N) is 5. The summed E-state index contributed by atoms with van der Waals surface area (Å²) in [5.74, 6) is -0.129. The molecule has 0 bridgehead atoms. The number of nitrogens with zero attached hydrogens (tertiary/aromatic N) is 5. The van der Waals surface area contributed by atoms with E-state index >= 15 is 0 Å². The molecule has 2 aromatic carbocycles. The molecule has 2 fully saturated rings. The van der Waals surface area contributed by atoms with Gasteiger partial charge in [-0.3, -0.25) is 34.1 Å². The average molecular weight is 899 g/mol. The molecule has 1 saturated carbocycles. The maximum absolute atomic E-state index is 13.2. The van der Waals surface area contributed by atoms with Crippen LogP contribution in [0.15, 0.2) is 42.6 Å². The molecule has 7 rings (SSSR count). The van der Waals surface area contributed by atoms with Crippen LogP contribution in [0.25, 0.3) is 0 Å². The van der Waals surface area contributed by atoms with Crippen LogP contribution in [-0.4, -0.2) is 142 Å². The molecule has 5 N–H and O–H groups in total. The van der Waals surface area contributed by atoms with E-state index in [1.165, 1.54) is 12.0 Å². The number of methoxy groups -OCH3 is 1. The lowest BCUT2D eigenvalue weighted by Crippen LogP contribution is -2.55. The lowest BCUT2D eigenvalue weighted by atomic mass is 10.0. The predicted molar refractivity (Wildman–Crippen MR) is 239 cm³/mol. The van der Waals surface area contributed by atoms with Gasteiger partial charge < -0.3 is 54.9 Å². The normalized spacial score (nSPS) is 18.4. The highest BCUT2D eigenvalue weighted by Gasteiger charge is 2.42. The second kappa shape index (κ2) is 22.1. The number of anilines is 5. The summed E-state index contributed by atoms with van der Waals surface area (Å²) in [5, 5.41) is 14.3. The van der Waals surface area contributed by atoms with Gasteiger partial charge in [0.2, 0.25) is 29.6 Å². The minimum Gasteiger partial charge on any atom is -0.495 e. The Balaban J connectivity index is 0.738. The van der Waals surface area contributed by atoms with Gasteiger partial charge in [-0.1, -0.05) is 25.8 Å². The molecule has 4 aliphatic rings. The third-order valence-corrected chi connectivity index (χ3v) is 12.0. The molecular weight excluding hydrogens is 841 g/mol. The molecule has 348 valence electrons. The quantitative estimate of drug-likeness (QED) is 0.0720. The maximum Gasteiger partial charge on any atom is 0.255 e. The molecule has 1 unspecified atom stereocenters. The first-order chi connectivity index (χ1) is 31.6. The number of hydrogen-bond donors (Lipinski definition) is 5. The minimum absolute atomic E-state index is 0.0272. The van der Waals surface area contributed by atoms with Crippen molar-refractivity contribution < 1.29 is 47.7 Å². The molecule has 1 aromatic heterocycles. The Bertz CT molecular complexity index is 2240. The van der Waals surface area contributed by atoms with Crippen molar-refractivity contribution in [2.75, 3.05) is 93.9 Å². The Morgan fingerprint density at radius 3 is 2.37 bits per heavy atom. The summed E-state index contributed by atoms with van der Waals surface area (Å²) >= 11 is 0. The molecule has 20 heteroatoms. The van der Waals surface area contributed by atoms with Crippen molar-refractivity contribution >= 4 is 64.3 Å². The van der Waals surface area contributed by atoms with Crippen LogP contribution in [-0.2, 0) is 39.9 Å². The first kappa shape index (κ1) is 46.8. The van der Waals surface area contributed by atoms with E-state index < -0.39 is 11.9 Å². The van der Waals surface area contributed by atoms with E-state index in [-0.39, 0.29) is 67.6 Å². The number of carbonyl (C=O) groups is 6. The van der Waals surface area contributed by atoms with Gasteiger partial charge in [-0.2, -0.15) is 4.98 Å². The fraction of sp³-hybridized carbons (Fsp3) is 0.511. The number of fused-ring (bicyclic) bond motifs is 2. The van der Waals surface area contributed by atoms with Crippen molar-refractivity contribution in [3.63, 3.8) is 0 Å². The Kier molecular flexibility index (Phi) is 15.9. The number of hydrogen-bond acceptors (Lipinski definition) is 15. The van der Waals surface area contributed by atoms with Gasteiger partial charge in [-0.05, 0) is 56.0 Å². The van der Waals surface area contributed by atoms with Crippen molar-refractivity contribution in [1.82, 2.24) is 30.8 Å². The van der Waals surface area contributed by atoms with Crippen molar-refractivity contribution in [2.45, 2.75) is 76.5 Å². The largest absolute Gasteiger partial charge is 0.495 e. The van der Waals surface area contributed by atoms with Gasteiger partial charge in [0.05, 0.1) is 65.2 Å². The molecule has 0 spiro atoms. The average Bonchev–Trinajstić information content (AvgIpc) is 3.96. The first-order valence-corrected chi connectivity index (χ1v) is 22.2. The fourth-order valence-electron chi connectivity index (χ4n) is 8.62. The summed E-state index contributed by atoms with van der Waals surface area (Å²) in [4.78, 5) is 90.5. The fourth-order valence-corrected chi connectivity index (χ4v) is 8.62. The second-order valence-electron chi connectivity index (χ2n) is 16.2. The lowest BCUT2D eigenvalue weighted by Gasteiger charge is -2.43. The van der Waals surface area contributed by atoms with Gasteiger partial charge in [0.25, 0.3) is 11.8 Å². The van der Waals surface area contributed by atoms with E-state index in [9.17, 15) is 28.8 Å². The van der Waals surface area contributed by atoms with Gasteiger partial charge in [0.15, 0.2) is 5.82 Å². The summed E-state index contributed by atoms with van der Waals surface area (Å²) in [6.45, 7) is 4.99. The van der Waals surface area contributed by atoms with E-state index in [1.54, 1.807) is 54.5 Å². The Hall–Kier alpha value is -6.22. The number of rotatable bonds is 22. The monoisotopic (exact) mass is 898 g/mol. The molecule has 4 heterocycles. The summed E-state index contributed by atoms with van der Waals surface area (Å²) < 4.78 is 22.4. The lowest BCUT2D eigenvalue weighted by molar-refractivity contribution is -0.137. The van der Waals surface area contributed by atoms with Crippen molar-refractivity contribution in [3.05, 3.63) is 59.3 Å². The molecule has 1 saturated heterocycles. The molecule has 6 amide bonds. The van der Waals surface area contributed by atoms with E-state index in [2.05, 4.69) is 36.5 Å². The van der Waals surface area contributed by atoms with E-state index in [0.717, 1.165) is 31.5 Å². The highest BCUT2D eigenvalue weighted by atomic mass is 16.5. The third-order valence-electron chi connectivity index (χ3n) is 12.0. The topological polar surface area (TPSA) is 235 Å². The standard InChI is InChI=1S/C45H58N10O10/c1-4-34-44(61)53(2)36-25-48-45(52-40(36)55(34)29-8-5-6-9-29)50-33-13-12-28(24-37(33)62-3)41(58)47-17-19-64-21-23-65-22-20-63-18-16-46-26-39(57)49-32-11-7-10-30-31(32)27-54(43(30)60)35-14-15-38(56)51-42(35)59/h7,10-13,24-25,29,34-35,46H,4-6,8-9,14-23,26-27H2,1-3H3,(H,47,58)(H,49,57)(H,48,50,52)(H,51,56,59)/t34-,35?/m1/s1. The number of benzene rings is 2. The predicted octanol–water partition coefficient (Wildman–Crippen LogP) is 2.50. The maximum atomic E-state index is 13.2. The van der Waals surface area contributed by atoms with Gasteiger partial charge >= 0.3 is 0 Å². The minimum atomic E-state index is -0.734. The van der Waals surface area contributed by atoms with Crippen molar-refractivity contribution in [1.29, 1.82) is 0 Å². The molecular formula is C45H58N10O10. The number of carbonyl (C=O) groups excluding carboxylic acids is 6. The van der Waals surface area contributed by atoms with Gasteiger partial charge in [0.1, 0.15) is 23.5 Å². The van der Waals surface area contributed by atoms with Gasteiger partial charge in [0, 0.05) is 61.5 Å². The van der Waals surface area contributed by atoms with Crippen LogP contribution in [0.2, 0.25) is 0 Å². The summed E-state index contributed by atoms with van der Waals surface area (Å²) in [6, 6.07) is 9.38. The number of imide groups is 1. The van der Waals surface area contributed by atoms with Crippen LogP contribution in [0.4, 0.5) is 28.8 Å². The second-order valence-corrected chi connectivity index (χ2v) is 16.2. The van der Waals surface area contributed by atoms with Crippen LogP contribution < -0.4 is 41.1 Å². The molecule has 3 aromatic rings. The molecule has 20 nitrogen and oxygen atoms in total. The van der Waals surface area contributed by atoms with Crippen LogP contribution in [0.5, 0.6) is 5.75 Å². The van der Waals surface area contributed by atoms with E-state index in [1.807, 2.05) is 6.92 Å². The highest BCUT2D eigenvalue weighted by molar-refractivity contribution is 6.07. The van der Waals surface area contributed by atoms with Crippen LogP contribution >= 0.6 is 0 Å². The number of amides is 6. The van der Waals surface area contributed by atoms with E-state index in [0.29, 0.717) is 105 Å². The Labute approximate surface area is 377 Å².